The number of amides is 1. The maximum absolute atomic E-state index is 12.2. The van der Waals surface area contributed by atoms with Gasteiger partial charge in [0.15, 0.2) is 0 Å². The smallest absolute Gasteiger partial charge is 0.225 e. The van der Waals surface area contributed by atoms with Crippen molar-refractivity contribution in [2.75, 3.05) is 6.54 Å². The Morgan fingerprint density at radius 2 is 2.00 bits per heavy atom. The first-order valence-electron chi connectivity index (χ1n) is 6.69. The van der Waals surface area contributed by atoms with Crippen LogP contribution in [0.2, 0.25) is 0 Å². The average Bonchev–Trinajstić information content (AvgIpc) is 2.41. The van der Waals surface area contributed by atoms with E-state index < -0.39 is 0 Å². The largest absolute Gasteiger partial charge is 0.347 e. The van der Waals surface area contributed by atoms with Gasteiger partial charge in [0, 0.05) is 45.2 Å². The Morgan fingerprint density at radius 3 is 2.63 bits per heavy atom. The number of benzene rings is 1. The zero-order chi connectivity index (χ0) is 13.1. The van der Waals surface area contributed by atoms with Crippen LogP contribution in [-0.4, -0.2) is 17.4 Å². The van der Waals surface area contributed by atoms with Gasteiger partial charge in [0.25, 0.3) is 0 Å². The molecule has 0 saturated carbocycles. The summed E-state index contributed by atoms with van der Waals surface area (Å²) >= 11 is 0. The summed E-state index contributed by atoms with van der Waals surface area (Å²) < 4.78 is 0. The van der Waals surface area contributed by atoms with Gasteiger partial charge in [-0.3, -0.25) is 4.79 Å². The molecule has 0 saturated heterocycles. The summed E-state index contributed by atoms with van der Waals surface area (Å²) in [6.45, 7) is 6.85. The second-order valence-electron chi connectivity index (χ2n) is 4.72. The van der Waals surface area contributed by atoms with Crippen LogP contribution < -0.4 is 0 Å². The topological polar surface area (TPSA) is 20.3 Å². The van der Waals surface area contributed by atoms with Gasteiger partial charge in [0.2, 0.25) is 5.91 Å². The molecule has 1 aliphatic rings. The van der Waals surface area contributed by atoms with Crippen molar-refractivity contribution < 1.29 is 37.5 Å². The summed E-state index contributed by atoms with van der Waals surface area (Å²) in [5.41, 5.74) is 3.40. The van der Waals surface area contributed by atoms with Crippen LogP contribution in [0.15, 0.2) is 24.3 Å². The molecule has 2 nitrogen and oxygen atoms in total. The average molecular weight is 331 g/mol. The van der Waals surface area contributed by atoms with Gasteiger partial charge in [-0.05, 0) is 13.3 Å². The van der Waals surface area contributed by atoms with Crippen LogP contribution in [0.3, 0.4) is 0 Å². The van der Waals surface area contributed by atoms with Gasteiger partial charge in [0.05, 0.1) is 0 Å². The summed E-state index contributed by atoms with van der Waals surface area (Å²) in [6.07, 6.45) is 5.11. The molecule has 1 heterocycles. The zero-order valence-electron chi connectivity index (χ0n) is 11.9. The Hall–Kier alpha value is -0.466. The fraction of sp³-hybridized carbons (Fsp3) is 0.438. The van der Waals surface area contributed by atoms with Crippen molar-refractivity contribution in [1.82, 2.24) is 4.90 Å². The van der Waals surface area contributed by atoms with Gasteiger partial charge >= 0.3 is 0 Å². The van der Waals surface area contributed by atoms with Crippen LogP contribution in [-0.2, 0) is 43.9 Å². The van der Waals surface area contributed by atoms with E-state index in [4.69, 9.17) is 0 Å². The molecule has 1 aromatic rings. The predicted octanol–water partition coefficient (Wildman–Crippen LogP) is 3.28. The van der Waals surface area contributed by atoms with E-state index in [2.05, 4.69) is 25.1 Å². The number of hydrogen-bond acceptors (Lipinski definition) is 1. The van der Waals surface area contributed by atoms with Crippen molar-refractivity contribution in [2.24, 2.45) is 5.92 Å². The first-order chi connectivity index (χ1) is 8.69. The van der Waals surface area contributed by atoms with Crippen LogP contribution in [0.5, 0.6) is 0 Å². The SMILES string of the molecule is CCc1ccccc1C1=[C-]CC(C)C(=O)N1CC.[Y]. The Labute approximate surface area is 141 Å². The van der Waals surface area contributed by atoms with Gasteiger partial charge < -0.3 is 4.90 Å². The van der Waals surface area contributed by atoms with Crippen molar-refractivity contribution >= 4 is 11.6 Å². The number of aryl methyl sites for hydroxylation is 1. The molecule has 0 aliphatic carbocycles. The second-order valence-corrected chi connectivity index (χ2v) is 4.72. The quantitative estimate of drug-likeness (QED) is 0.779. The van der Waals surface area contributed by atoms with Crippen molar-refractivity contribution in [3.63, 3.8) is 0 Å². The molecule has 0 spiro atoms. The second kappa shape index (κ2) is 7.35. The Bertz CT molecular complexity index is 481. The van der Waals surface area contributed by atoms with Crippen LogP contribution in [0.4, 0.5) is 0 Å². The summed E-state index contributed by atoms with van der Waals surface area (Å²) in [4.78, 5) is 14.1. The molecule has 3 heteroatoms. The molecule has 0 N–H and O–H groups in total. The molecule has 1 unspecified atom stereocenters. The van der Waals surface area contributed by atoms with Crippen molar-refractivity contribution in [3.8, 4) is 0 Å². The van der Waals surface area contributed by atoms with Gasteiger partial charge in [-0.1, -0.05) is 38.5 Å². The van der Waals surface area contributed by atoms with Gasteiger partial charge in [-0.2, -0.15) is 0 Å². The van der Waals surface area contributed by atoms with E-state index in [1.807, 2.05) is 30.9 Å². The molecule has 19 heavy (non-hydrogen) atoms. The standard InChI is InChI=1S/C16H20NO.Y/c1-4-13-8-6-7-9-14(13)15-11-10-12(3)16(18)17(15)5-2;/h6-9,12H,4-5,10H2,1-3H3;/q-1;. The van der Waals surface area contributed by atoms with Crippen molar-refractivity contribution in [1.29, 1.82) is 0 Å². The first-order valence-corrected chi connectivity index (χ1v) is 6.69. The zero-order valence-corrected chi connectivity index (χ0v) is 14.8. The number of nitrogens with zero attached hydrogens (tertiary/aromatic N) is 1. The molecule has 1 amide bonds. The normalized spacial score (nSPS) is 18.9. The molecule has 0 bridgehead atoms. The van der Waals surface area contributed by atoms with E-state index in [-0.39, 0.29) is 44.5 Å². The summed E-state index contributed by atoms with van der Waals surface area (Å²) in [7, 11) is 0. The molecule has 2 rings (SSSR count). The fourth-order valence-electron chi connectivity index (χ4n) is 2.42. The third kappa shape index (κ3) is 3.35. The third-order valence-electron chi connectivity index (χ3n) is 3.50. The number of allylic oxidation sites excluding steroid dienone is 1. The minimum atomic E-state index is 0. The monoisotopic (exact) mass is 331 g/mol. The van der Waals surface area contributed by atoms with Crippen LogP contribution in [0, 0.1) is 12.0 Å². The summed E-state index contributed by atoms with van der Waals surface area (Å²) in [6, 6.07) is 8.29. The molecule has 1 radical (unpaired) electrons. The number of carbonyl (C=O) groups excluding carboxylic acids is 1. The van der Waals surface area contributed by atoms with Gasteiger partial charge in [0.1, 0.15) is 0 Å². The molecule has 0 fully saturated rings. The maximum Gasteiger partial charge on any atom is 0.225 e. The van der Waals surface area contributed by atoms with Crippen LogP contribution in [0.25, 0.3) is 5.70 Å². The molecule has 1 atom stereocenters. The molecule has 1 aromatic carbocycles. The molecule has 1 aliphatic heterocycles. The summed E-state index contributed by atoms with van der Waals surface area (Å²) in [5.74, 6) is 0.277. The predicted molar refractivity (Wildman–Crippen MR) is 73.6 cm³/mol. The Morgan fingerprint density at radius 1 is 1.32 bits per heavy atom. The fourth-order valence-corrected chi connectivity index (χ4v) is 2.42. The van der Waals surface area contributed by atoms with Crippen LogP contribution >= 0.6 is 0 Å². The number of carbonyl (C=O) groups is 1. The Balaban J connectivity index is 0.00000180. The van der Waals surface area contributed by atoms with E-state index in [1.165, 1.54) is 5.56 Å². The maximum atomic E-state index is 12.2. The molecule has 0 aromatic heterocycles. The minimum Gasteiger partial charge on any atom is -0.347 e. The van der Waals surface area contributed by atoms with Gasteiger partial charge in [-0.15, -0.1) is 22.9 Å². The first kappa shape index (κ1) is 16.6. The van der Waals surface area contributed by atoms with E-state index in [9.17, 15) is 4.79 Å². The number of rotatable bonds is 3. The third-order valence-corrected chi connectivity index (χ3v) is 3.50. The van der Waals surface area contributed by atoms with E-state index in [0.29, 0.717) is 6.54 Å². The van der Waals surface area contributed by atoms with Gasteiger partial charge in [-0.25, -0.2) is 6.08 Å². The molecular formula is C16H20NOY-. The summed E-state index contributed by atoms with van der Waals surface area (Å²) in [5, 5.41) is 0. The molecular weight excluding hydrogens is 311 g/mol. The minimum absolute atomic E-state index is 0. The number of hydrogen-bond donors (Lipinski definition) is 0. The van der Waals surface area contributed by atoms with E-state index >= 15 is 0 Å². The molecule has 99 valence electrons. The van der Waals surface area contributed by atoms with E-state index in [1.54, 1.807) is 0 Å². The van der Waals surface area contributed by atoms with E-state index in [0.717, 1.165) is 24.1 Å². The van der Waals surface area contributed by atoms with Crippen molar-refractivity contribution in [3.05, 3.63) is 41.5 Å². The van der Waals surface area contributed by atoms with Crippen LogP contribution in [0.1, 0.15) is 38.3 Å². The van der Waals surface area contributed by atoms with Crippen molar-refractivity contribution in [2.45, 2.75) is 33.6 Å². The Kier molecular flexibility index (Phi) is 6.42.